The fraction of sp³-hybridized carbons (Fsp3) is 0.429. The van der Waals surface area contributed by atoms with Crippen molar-refractivity contribution in [2.24, 2.45) is 5.92 Å². The monoisotopic (exact) mass is 309 g/mol. The Balaban J connectivity index is 2.21. The number of carboxylic acids is 1. The SMILES string of the molecule is CC(C)C1SCC(C(=O)O)N1C(=O)Nc1ccccc1N. The van der Waals surface area contributed by atoms with Crippen LogP contribution in [0.5, 0.6) is 0 Å². The summed E-state index contributed by atoms with van der Waals surface area (Å²) in [6.45, 7) is 3.94. The van der Waals surface area contributed by atoms with E-state index in [4.69, 9.17) is 5.73 Å². The fourth-order valence-electron chi connectivity index (χ4n) is 2.28. The Morgan fingerprint density at radius 2 is 2.10 bits per heavy atom. The zero-order valence-corrected chi connectivity index (χ0v) is 12.8. The first-order valence-electron chi connectivity index (χ1n) is 6.70. The number of rotatable bonds is 3. The normalized spacial score (nSPS) is 21.6. The number of nitrogens with one attached hydrogen (secondary N) is 1. The summed E-state index contributed by atoms with van der Waals surface area (Å²) >= 11 is 1.49. The lowest BCUT2D eigenvalue weighted by molar-refractivity contribution is -0.141. The molecular weight excluding hydrogens is 290 g/mol. The van der Waals surface area contributed by atoms with Gasteiger partial charge in [0.1, 0.15) is 6.04 Å². The molecule has 1 heterocycles. The summed E-state index contributed by atoms with van der Waals surface area (Å²) in [5.74, 6) is -0.421. The highest BCUT2D eigenvalue weighted by Crippen LogP contribution is 2.34. The summed E-state index contributed by atoms with van der Waals surface area (Å²) in [5.41, 5.74) is 6.74. The van der Waals surface area contributed by atoms with Gasteiger partial charge in [0.15, 0.2) is 0 Å². The summed E-state index contributed by atoms with van der Waals surface area (Å²) in [4.78, 5) is 25.2. The maximum atomic E-state index is 12.5. The number of benzene rings is 1. The van der Waals surface area contributed by atoms with Crippen molar-refractivity contribution in [1.29, 1.82) is 0 Å². The van der Waals surface area contributed by atoms with Crippen LogP contribution in [0.3, 0.4) is 0 Å². The van der Waals surface area contributed by atoms with Crippen LogP contribution in [0.15, 0.2) is 24.3 Å². The quantitative estimate of drug-likeness (QED) is 0.745. The summed E-state index contributed by atoms with van der Waals surface area (Å²) in [6, 6.07) is 5.67. The second-order valence-corrected chi connectivity index (χ2v) is 6.40. The van der Waals surface area contributed by atoms with Gasteiger partial charge in [-0.3, -0.25) is 4.90 Å². The standard InChI is InChI=1S/C14H19N3O3S/c1-8(2)12-17(11(7-21-12)13(18)19)14(20)16-10-6-4-3-5-9(10)15/h3-6,8,11-12H,7,15H2,1-2H3,(H,16,20)(H,18,19). The molecule has 2 rings (SSSR count). The lowest BCUT2D eigenvalue weighted by Gasteiger charge is -2.29. The Bertz CT molecular complexity index is 550. The number of hydrogen-bond acceptors (Lipinski definition) is 4. The maximum absolute atomic E-state index is 12.5. The number of hydrogen-bond donors (Lipinski definition) is 3. The number of carboxylic acid groups (broad SMARTS) is 1. The van der Waals surface area contributed by atoms with Crippen LogP contribution < -0.4 is 11.1 Å². The van der Waals surface area contributed by atoms with E-state index in [1.807, 2.05) is 13.8 Å². The third kappa shape index (κ3) is 3.24. The minimum Gasteiger partial charge on any atom is -0.480 e. The second kappa shape index (κ2) is 6.26. The zero-order valence-electron chi connectivity index (χ0n) is 11.9. The van der Waals surface area contributed by atoms with E-state index in [9.17, 15) is 14.7 Å². The number of aliphatic carboxylic acids is 1. The summed E-state index contributed by atoms with van der Waals surface area (Å²) in [5, 5.41) is 11.8. The molecule has 1 saturated heterocycles. The van der Waals surface area contributed by atoms with Crippen molar-refractivity contribution in [3.05, 3.63) is 24.3 Å². The molecule has 1 fully saturated rings. The minimum absolute atomic E-state index is 0.156. The van der Waals surface area contributed by atoms with Crippen molar-refractivity contribution >= 4 is 35.1 Å². The largest absolute Gasteiger partial charge is 0.480 e. The lowest BCUT2D eigenvalue weighted by atomic mass is 10.1. The Hall–Kier alpha value is -1.89. The number of nitrogens with zero attached hydrogens (tertiary/aromatic N) is 1. The van der Waals surface area contributed by atoms with Crippen LogP contribution in [-0.4, -0.2) is 39.2 Å². The first kappa shape index (κ1) is 15.5. The number of anilines is 2. The van der Waals surface area contributed by atoms with Gasteiger partial charge in [-0.2, -0.15) is 0 Å². The molecule has 2 unspecified atom stereocenters. The number of thioether (sulfide) groups is 1. The molecule has 21 heavy (non-hydrogen) atoms. The van der Waals surface area contributed by atoms with Gasteiger partial charge in [0.2, 0.25) is 0 Å². The third-order valence-electron chi connectivity index (χ3n) is 3.33. The van der Waals surface area contributed by atoms with Crippen molar-refractivity contribution in [2.75, 3.05) is 16.8 Å². The number of para-hydroxylation sites is 2. The molecule has 2 atom stereocenters. The second-order valence-electron chi connectivity index (χ2n) is 5.25. The molecule has 7 heteroatoms. The topological polar surface area (TPSA) is 95.7 Å². The third-order valence-corrected chi connectivity index (χ3v) is 4.95. The van der Waals surface area contributed by atoms with Crippen LogP contribution in [-0.2, 0) is 4.79 Å². The van der Waals surface area contributed by atoms with Crippen molar-refractivity contribution in [2.45, 2.75) is 25.3 Å². The molecule has 0 aromatic heterocycles. The molecular formula is C14H19N3O3S. The Morgan fingerprint density at radius 3 is 2.67 bits per heavy atom. The van der Waals surface area contributed by atoms with Gasteiger partial charge in [0.25, 0.3) is 0 Å². The average Bonchev–Trinajstić information content (AvgIpc) is 2.86. The summed E-state index contributed by atoms with van der Waals surface area (Å²) < 4.78 is 0. The van der Waals surface area contributed by atoms with Crippen LogP contribution in [0.2, 0.25) is 0 Å². The highest BCUT2D eigenvalue weighted by Gasteiger charge is 2.43. The predicted octanol–water partition coefficient (Wildman–Crippen LogP) is 2.28. The van der Waals surface area contributed by atoms with Gasteiger partial charge in [-0.15, -0.1) is 11.8 Å². The first-order chi connectivity index (χ1) is 9.91. The van der Waals surface area contributed by atoms with Gasteiger partial charge in [0.05, 0.1) is 16.7 Å². The van der Waals surface area contributed by atoms with Gasteiger partial charge in [-0.1, -0.05) is 26.0 Å². The molecule has 0 bridgehead atoms. The first-order valence-corrected chi connectivity index (χ1v) is 7.75. The van der Waals surface area contributed by atoms with Gasteiger partial charge in [0, 0.05) is 5.75 Å². The Morgan fingerprint density at radius 1 is 1.43 bits per heavy atom. The fourth-order valence-corrected chi connectivity index (χ4v) is 3.75. The van der Waals surface area contributed by atoms with Crippen molar-refractivity contribution < 1.29 is 14.7 Å². The Labute approximate surface area is 127 Å². The number of amides is 2. The van der Waals surface area contributed by atoms with E-state index in [2.05, 4.69) is 5.32 Å². The van der Waals surface area contributed by atoms with E-state index in [0.29, 0.717) is 17.1 Å². The van der Waals surface area contributed by atoms with Gasteiger partial charge < -0.3 is 16.2 Å². The number of nitrogens with two attached hydrogens (primary N) is 1. The highest BCUT2D eigenvalue weighted by molar-refractivity contribution is 8.00. The number of urea groups is 1. The minimum atomic E-state index is -0.984. The molecule has 6 nitrogen and oxygen atoms in total. The molecule has 1 aromatic rings. The molecule has 1 aromatic carbocycles. The number of carbonyl (C=O) groups excluding carboxylic acids is 1. The van der Waals surface area contributed by atoms with Crippen LogP contribution in [0, 0.1) is 5.92 Å². The van der Waals surface area contributed by atoms with E-state index in [1.54, 1.807) is 24.3 Å². The predicted molar refractivity (Wildman–Crippen MR) is 84.2 cm³/mol. The van der Waals surface area contributed by atoms with E-state index < -0.39 is 18.0 Å². The molecule has 0 radical (unpaired) electrons. The van der Waals surface area contributed by atoms with Crippen molar-refractivity contribution in [3.8, 4) is 0 Å². The number of carbonyl (C=O) groups is 2. The van der Waals surface area contributed by atoms with Gasteiger partial charge in [-0.05, 0) is 18.1 Å². The average molecular weight is 309 g/mol. The van der Waals surface area contributed by atoms with Crippen LogP contribution in [0.4, 0.5) is 16.2 Å². The van der Waals surface area contributed by atoms with Crippen LogP contribution >= 0.6 is 11.8 Å². The van der Waals surface area contributed by atoms with Crippen molar-refractivity contribution in [1.82, 2.24) is 4.90 Å². The summed E-state index contributed by atoms with van der Waals surface area (Å²) in [6.07, 6.45) is 0. The molecule has 0 aliphatic carbocycles. The van der Waals surface area contributed by atoms with Crippen molar-refractivity contribution in [3.63, 3.8) is 0 Å². The molecule has 1 aliphatic heterocycles. The molecule has 0 spiro atoms. The molecule has 2 amide bonds. The van der Waals surface area contributed by atoms with Gasteiger partial charge in [-0.25, -0.2) is 9.59 Å². The zero-order chi connectivity index (χ0) is 15.6. The number of nitrogen functional groups attached to an aromatic ring is 1. The van der Waals surface area contributed by atoms with E-state index in [1.165, 1.54) is 16.7 Å². The van der Waals surface area contributed by atoms with Gasteiger partial charge >= 0.3 is 12.0 Å². The van der Waals surface area contributed by atoms with E-state index in [-0.39, 0.29) is 11.3 Å². The molecule has 1 aliphatic rings. The lowest BCUT2D eigenvalue weighted by Crippen LogP contribution is -2.49. The maximum Gasteiger partial charge on any atom is 0.327 e. The molecule has 0 saturated carbocycles. The van der Waals surface area contributed by atoms with Crippen LogP contribution in [0.25, 0.3) is 0 Å². The van der Waals surface area contributed by atoms with E-state index >= 15 is 0 Å². The molecule has 4 N–H and O–H groups in total. The smallest absolute Gasteiger partial charge is 0.327 e. The van der Waals surface area contributed by atoms with E-state index in [0.717, 1.165) is 0 Å². The van der Waals surface area contributed by atoms with Crippen LogP contribution in [0.1, 0.15) is 13.8 Å². The Kier molecular flexibility index (Phi) is 4.62. The molecule has 114 valence electrons. The summed E-state index contributed by atoms with van der Waals surface area (Å²) in [7, 11) is 0. The highest BCUT2D eigenvalue weighted by atomic mass is 32.2.